The summed E-state index contributed by atoms with van der Waals surface area (Å²) in [6.45, 7) is 1.00. The summed E-state index contributed by atoms with van der Waals surface area (Å²) in [6, 6.07) is 12.7. The quantitative estimate of drug-likeness (QED) is 0.262. The van der Waals surface area contributed by atoms with Crippen molar-refractivity contribution in [1.82, 2.24) is 0 Å². The number of nitrogen functional groups attached to an aromatic ring is 2. The second-order valence-electron chi connectivity index (χ2n) is 6.34. The molecule has 0 aliphatic rings. The van der Waals surface area contributed by atoms with Crippen molar-refractivity contribution in [3.63, 3.8) is 0 Å². The summed E-state index contributed by atoms with van der Waals surface area (Å²) in [4.78, 5) is 11.7. The Hall–Kier alpha value is -3.15. The Morgan fingerprint density at radius 2 is 1.79 bits per heavy atom. The van der Waals surface area contributed by atoms with Crippen molar-refractivity contribution >= 4 is 23.4 Å². The lowest BCUT2D eigenvalue weighted by molar-refractivity contribution is -0.137. The highest BCUT2D eigenvalue weighted by molar-refractivity contribution is 5.87. The minimum atomic E-state index is -0.343. The Morgan fingerprint density at radius 1 is 1.00 bits per heavy atom. The first-order valence-corrected chi connectivity index (χ1v) is 9.35. The van der Waals surface area contributed by atoms with Crippen LogP contribution in [0.2, 0.25) is 0 Å². The van der Waals surface area contributed by atoms with Crippen molar-refractivity contribution in [2.45, 2.75) is 25.7 Å². The van der Waals surface area contributed by atoms with Crippen molar-refractivity contribution in [3.05, 3.63) is 54.1 Å². The Bertz CT molecular complexity index is 790. The smallest absolute Gasteiger partial charge is 0.330 e. The fourth-order valence-corrected chi connectivity index (χ4v) is 2.57. The van der Waals surface area contributed by atoms with E-state index in [9.17, 15) is 4.79 Å². The van der Waals surface area contributed by atoms with Gasteiger partial charge in [0.1, 0.15) is 11.5 Å². The molecule has 150 valence electrons. The average molecular weight is 384 g/mol. The molecule has 4 N–H and O–H groups in total. The molecule has 0 saturated heterocycles. The lowest BCUT2D eigenvalue weighted by Gasteiger charge is -2.09. The molecule has 0 aliphatic heterocycles. The van der Waals surface area contributed by atoms with Crippen molar-refractivity contribution in [3.8, 4) is 11.5 Å². The van der Waals surface area contributed by atoms with Crippen LogP contribution < -0.4 is 20.9 Å². The van der Waals surface area contributed by atoms with Crippen molar-refractivity contribution in [2.24, 2.45) is 0 Å². The van der Waals surface area contributed by atoms with Crippen LogP contribution in [0.3, 0.4) is 0 Å². The zero-order valence-corrected chi connectivity index (χ0v) is 16.2. The number of unbranched alkanes of at least 4 members (excludes halogenated alkanes) is 3. The Labute approximate surface area is 166 Å². The van der Waals surface area contributed by atoms with E-state index in [4.69, 9.17) is 25.7 Å². The number of anilines is 2. The number of ether oxygens (including phenoxy) is 3. The maximum atomic E-state index is 11.7. The number of carbonyl (C=O) groups excluding carboxylic acids is 1. The van der Waals surface area contributed by atoms with Gasteiger partial charge < -0.3 is 25.7 Å². The second kappa shape index (κ2) is 11.5. The van der Waals surface area contributed by atoms with Crippen LogP contribution in [0.5, 0.6) is 11.5 Å². The van der Waals surface area contributed by atoms with Gasteiger partial charge >= 0.3 is 5.97 Å². The summed E-state index contributed by atoms with van der Waals surface area (Å²) in [5.41, 5.74) is 13.6. The van der Waals surface area contributed by atoms with Crippen LogP contribution in [-0.4, -0.2) is 26.3 Å². The third-order valence-electron chi connectivity index (χ3n) is 4.08. The van der Waals surface area contributed by atoms with Crippen LogP contribution in [0.1, 0.15) is 31.2 Å². The van der Waals surface area contributed by atoms with Gasteiger partial charge in [0, 0.05) is 11.8 Å². The summed E-state index contributed by atoms with van der Waals surface area (Å²) >= 11 is 0. The van der Waals surface area contributed by atoms with Gasteiger partial charge in [-0.05, 0) is 67.7 Å². The number of rotatable bonds is 11. The van der Waals surface area contributed by atoms with Gasteiger partial charge in [-0.25, -0.2) is 4.79 Å². The van der Waals surface area contributed by atoms with E-state index in [-0.39, 0.29) is 5.97 Å². The fourth-order valence-electron chi connectivity index (χ4n) is 2.57. The van der Waals surface area contributed by atoms with Gasteiger partial charge in [0.25, 0.3) is 0 Å². The SMILES string of the molecule is COc1cccc(C=CC(=O)OCCCCCCOc2ccc(N)cc2N)c1. The summed E-state index contributed by atoms with van der Waals surface area (Å²) < 4.78 is 16.0. The topological polar surface area (TPSA) is 96.8 Å². The molecule has 0 heterocycles. The molecule has 28 heavy (non-hydrogen) atoms. The number of esters is 1. The van der Waals surface area contributed by atoms with Gasteiger partial charge in [-0.2, -0.15) is 0 Å². The first kappa shape index (κ1) is 21.2. The second-order valence-corrected chi connectivity index (χ2v) is 6.34. The van der Waals surface area contributed by atoms with E-state index in [1.165, 1.54) is 6.08 Å². The minimum absolute atomic E-state index is 0.343. The van der Waals surface area contributed by atoms with Crippen LogP contribution in [0.4, 0.5) is 11.4 Å². The number of benzene rings is 2. The first-order valence-electron chi connectivity index (χ1n) is 9.35. The van der Waals surface area contributed by atoms with Crippen molar-refractivity contribution in [1.29, 1.82) is 0 Å². The van der Waals surface area contributed by atoms with E-state index in [2.05, 4.69) is 0 Å². The summed E-state index contributed by atoms with van der Waals surface area (Å²) in [7, 11) is 1.61. The largest absolute Gasteiger partial charge is 0.497 e. The van der Waals surface area contributed by atoms with Crippen LogP contribution in [0.25, 0.3) is 6.08 Å². The Morgan fingerprint density at radius 3 is 2.54 bits per heavy atom. The highest BCUT2D eigenvalue weighted by atomic mass is 16.5. The lowest BCUT2D eigenvalue weighted by atomic mass is 10.2. The van der Waals surface area contributed by atoms with Gasteiger partial charge in [0.15, 0.2) is 0 Å². The molecule has 0 atom stereocenters. The Balaban J connectivity index is 1.53. The summed E-state index contributed by atoms with van der Waals surface area (Å²) in [6.07, 6.45) is 6.83. The molecule has 6 heteroatoms. The zero-order valence-electron chi connectivity index (χ0n) is 16.2. The number of carbonyl (C=O) groups is 1. The van der Waals surface area contributed by atoms with Gasteiger partial charge in [-0.3, -0.25) is 0 Å². The maximum absolute atomic E-state index is 11.7. The molecule has 0 bridgehead atoms. The van der Waals surface area contributed by atoms with Gasteiger partial charge in [0.2, 0.25) is 0 Å². The molecule has 0 radical (unpaired) electrons. The van der Waals surface area contributed by atoms with E-state index < -0.39 is 0 Å². The van der Waals surface area contributed by atoms with Crippen LogP contribution in [0, 0.1) is 0 Å². The molecule has 6 nitrogen and oxygen atoms in total. The van der Waals surface area contributed by atoms with E-state index in [0.29, 0.717) is 30.3 Å². The zero-order chi connectivity index (χ0) is 20.2. The normalized spacial score (nSPS) is 10.8. The molecular formula is C22H28N2O4. The van der Waals surface area contributed by atoms with Crippen LogP contribution in [0.15, 0.2) is 48.5 Å². The van der Waals surface area contributed by atoms with Crippen LogP contribution >= 0.6 is 0 Å². The highest BCUT2D eigenvalue weighted by Gasteiger charge is 2.01. The highest BCUT2D eigenvalue weighted by Crippen LogP contribution is 2.23. The summed E-state index contributed by atoms with van der Waals surface area (Å²) in [5.74, 6) is 1.06. The third-order valence-corrected chi connectivity index (χ3v) is 4.08. The third kappa shape index (κ3) is 7.61. The molecule has 2 aromatic carbocycles. The van der Waals surface area contributed by atoms with Crippen molar-refractivity contribution in [2.75, 3.05) is 31.8 Å². The molecule has 0 aliphatic carbocycles. The summed E-state index contributed by atoms with van der Waals surface area (Å²) in [5, 5.41) is 0. The predicted molar refractivity (Wildman–Crippen MR) is 112 cm³/mol. The standard InChI is InChI=1S/C22H28N2O4/c1-26-19-8-6-7-17(15-19)9-12-22(25)28-14-5-3-2-4-13-27-21-11-10-18(23)16-20(21)24/h6-12,15-16H,2-5,13-14,23-24H2,1H3. The van der Waals surface area contributed by atoms with Gasteiger partial charge in [-0.15, -0.1) is 0 Å². The number of hydrogen-bond donors (Lipinski definition) is 2. The lowest BCUT2D eigenvalue weighted by Crippen LogP contribution is -2.03. The number of methoxy groups -OCH3 is 1. The predicted octanol–water partition coefficient (Wildman–Crippen LogP) is 4.06. The molecule has 0 saturated carbocycles. The average Bonchev–Trinajstić information content (AvgIpc) is 2.70. The maximum Gasteiger partial charge on any atom is 0.330 e. The van der Waals surface area contributed by atoms with E-state index >= 15 is 0 Å². The van der Waals surface area contributed by atoms with Gasteiger partial charge in [-0.1, -0.05) is 12.1 Å². The molecule has 0 unspecified atom stereocenters. The Kier molecular flexibility index (Phi) is 8.72. The molecular weight excluding hydrogens is 356 g/mol. The molecule has 0 spiro atoms. The van der Waals surface area contributed by atoms with E-state index in [1.54, 1.807) is 31.4 Å². The number of nitrogens with two attached hydrogens (primary N) is 2. The van der Waals surface area contributed by atoms with Gasteiger partial charge in [0.05, 0.1) is 26.0 Å². The molecule has 2 aromatic rings. The fraction of sp³-hybridized carbons (Fsp3) is 0.318. The molecule has 0 amide bonds. The van der Waals surface area contributed by atoms with E-state index in [0.717, 1.165) is 37.0 Å². The first-order chi connectivity index (χ1) is 13.6. The minimum Gasteiger partial charge on any atom is -0.497 e. The van der Waals surface area contributed by atoms with Crippen LogP contribution in [-0.2, 0) is 9.53 Å². The monoisotopic (exact) mass is 384 g/mol. The molecule has 2 rings (SSSR count). The molecule has 0 fully saturated rings. The van der Waals surface area contributed by atoms with E-state index in [1.807, 2.05) is 24.3 Å². The molecule has 0 aromatic heterocycles. The number of hydrogen-bond acceptors (Lipinski definition) is 6. The van der Waals surface area contributed by atoms with Crippen molar-refractivity contribution < 1.29 is 19.0 Å².